The quantitative estimate of drug-likeness (QED) is 0.344. The summed E-state index contributed by atoms with van der Waals surface area (Å²) in [6.07, 6.45) is -0.298. The number of esters is 1. The first-order valence-electron chi connectivity index (χ1n) is 8.73. The third-order valence-electron chi connectivity index (χ3n) is 3.33. The van der Waals surface area contributed by atoms with Gasteiger partial charge >= 0.3 is 13.7 Å². The number of anilines is 1. The molecule has 2 N–H and O–H groups in total. The lowest BCUT2D eigenvalue weighted by molar-refractivity contribution is -0.149. The molecular weight excluding hydrogens is 383 g/mol. The lowest BCUT2D eigenvalue weighted by atomic mass is 10.3. The van der Waals surface area contributed by atoms with Gasteiger partial charge in [0.25, 0.3) is 0 Å². The fourth-order valence-electron chi connectivity index (χ4n) is 2.16. The van der Waals surface area contributed by atoms with Crippen LogP contribution >= 0.6 is 7.75 Å². The Morgan fingerprint density at radius 2 is 1.50 bits per heavy atom. The average Bonchev–Trinajstić information content (AvgIpc) is 2.63. The lowest BCUT2D eigenvalue weighted by Crippen LogP contribution is -2.36. The van der Waals surface area contributed by atoms with E-state index >= 15 is 0 Å². The Balaban J connectivity index is 2.20. The number of hydrogen-bond donors (Lipinski definition) is 2. The highest BCUT2D eigenvalue weighted by Crippen LogP contribution is 2.45. The second-order valence-electron chi connectivity index (χ2n) is 6.16. The highest BCUT2D eigenvalue weighted by Gasteiger charge is 2.34. The Hall–Kier alpha value is -2.54. The minimum absolute atomic E-state index is 0.290. The maximum Gasteiger partial charge on any atom is 0.513 e. The van der Waals surface area contributed by atoms with Crippen molar-refractivity contribution in [2.45, 2.75) is 32.9 Å². The summed E-state index contributed by atoms with van der Waals surface area (Å²) in [5.74, 6) is 0.0633. The van der Waals surface area contributed by atoms with Gasteiger partial charge in [0.05, 0.1) is 18.9 Å². The number of ether oxygens (including phenoxy) is 1. The number of hydrogen-bond acceptors (Lipinski definition) is 7. The Labute approximate surface area is 164 Å². The van der Waals surface area contributed by atoms with Gasteiger partial charge in [0, 0.05) is 0 Å². The zero-order valence-electron chi connectivity index (χ0n) is 16.2. The van der Waals surface area contributed by atoms with Gasteiger partial charge in [-0.05, 0) is 57.2 Å². The molecule has 0 aromatic heterocycles. The Bertz CT molecular complexity index is 798. The van der Waals surface area contributed by atoms with Crippen molar-refractivity contribution < 1.29 is 28.0 Å². The van der Waals surface area contributed by atoms with Gasteiger partial charge in [-0.1, -0.05) is 18.2 Å². The highest BCUT2D eigenvalue weighted by atomic mass is 31.2. The molecule has 0 amide bonds. The first kappa shape index (κ1) is 21.8. The molecule has 0 heterocycles. The maximum atomic E-state index is 13.4. The molecule has 0 aliphatic carbocycles. The van der Waals surface area contributed by atoms with Gasteiger partial charge in [0.1, 0.15) is 17.5 Å². The minimum Gasteiger partial charge on any atom is -0.462 e. The van der Waals surface area contributed by atoms with E-state index in [2.05, 4.69) is 10.6 Å². The van der Waals surface area contributed by atoms with Crippen molar-refractivity contribution in [3.8, 4) is 11.5 Å². The van der Waals surface area contributed by atoms with Crippen LogP contribution < -0.4 is 19.6 Å². The predicted molar refractivity (Wildman–Crippen MR) is 106 cm³/mol. The summed E-state index contributed by atoms with van der Waals surface area (Å²) in [5, 5.41) is 2.63. The number of carbonyl (C=O) groups excluding carboxylic acids is 1. The van der Waals surface area contributed by atoms with Gasteiger partial charge in [-0.2, -0.15) is 5.09 Å². The molecule has 0 bridgehead atoms. The van der Waals surface area contributed by atoms with Crippen LogP contribution in [0.2, 0.25) is 0 Å². The van der Waals surface area contributed by atoms with Crippen LogP contribution in [0.5, 0.6) is 11.5 Å². The van der Waals surface area contributed by atoms with Gasteiger partial charge < -0.3 is 13.8 Å². The molecule has 9 heteroatoms. The monoisotopic (exact) mass is 408 g/mol. The average molecular weight is 408 g/mol. The zero-order chi connectivity index (χ0) is 20.6. The molecule has 0 aliphatic heterocycles. The van der Waals surface area contributed by atoms with Crippen molar-refractivity contribution in [3.63, 3.8) is 0 Å². The van der Waals surface area contributed by atoms with Crippen LogP contribution in [0.15, 0.2) is 54.6 Å². The Morgan fingerprint density at radius 1 is 0.929 bits per heavy atom. The second-order valence-corrected chi connectivity index (χ2v) is 7.78. The fourth-order valence-corrected chi connectivity index (χ4v) is 3.68. The van der Waals surface area contributed by atoms with Gasteiger partial charge in [0.15, 0.2) is 0 Å². The first-order valence-corrected chi connectivity index (χ1v) is 10.3. The van der Waals surface area contributed by atoms with E-state index in [1.165, 1.54) is 14.0 Å². The van der Waals surface area contributed by atoms with Crippen molar-refractivity contribution in [2.24, 2.45) is 0 Å². The number of para-hydroxylation sites is 1. The summed E-state index contributed by atoms with van der Waals surface area (Å²) in [7, 11) is -2.46. The molecule has 2 rings (SSSR count). The molecule has 0 saturated carbocycles. The fraction of sp³-hybridized carbons (Fsp3) is 0.316. The van der Waals surface area contributed by atoms with E-state index < -0.39 is 19.8 Å². The molecule has 0 spiro atoms. The molecule has 0 unspecified atom stereocenters. The van der Waals surface area contributed by atoms with E-state index in [0.717, 1.165) is 0 Å². The highest BCUT2D eigenvalue weighted by molar-refractivity contribution is 7.52. The third kappa shape index (κ3) is 6.88. The standard InChI is InChI=1S/C19H25N2O6P/c1-14(2)25-19(22)15(3)21-28(23,26-17-8-6-5-7-9-17)27-18-12-10-16(11-13-18)20-24-4/h5-15,20H,1-4H3,(H,21,23)/t15-,28-/m0/s1. The van der Waals surface area contributed by atoms with Crippen LogP contribution in [0.25, 0.3) is 0 Å². The molecule has 152 valence electrons. The summed E-state index contributed by atoms with van der Waals surface area (Å²) in [6.45, 7) is 4.99. The smallest absolute Gasteiger partial charge is 0.462 e. The molecule has 0 radical (unpaired) electrons. The van der Waals surface area contributed by atoms with Crippen LogP contribution in [0, 0.1) is 0 Å². The Morgan fingerprint density at radius 3 is 2.04 bits per heavy atom. The van der Waals surface area contributed by atoms with Gasteiger partial charge in [0.2, 0.25) is 0 Å². The zero-order valence-corrected chi connectivity index (χ0v) is 17.1. The molecule has 2 atom stereocenters. The minimum atomic E-state index is -3.95. The van der Waals surface area contributed by atoms with E-state index in [4.69, 9.17) is 18.6 Å². The van der Waals surface area contributed by atoms with Crippen LogP contribution in [0.1, 0.15) is 20.8 Å². The third-order valence-corrected chi connectivity index (χ3v) is 4.93. The van der Waals surface area contributed by atoms with E-state index in [9.17, 15) is 9.36 Å². The van der Waals surface area contributed by atoms with Crippen molar-refractivity contribution in [1.82, 2.24) is 5.09 Å². The van der Waals surface area contributed by atoms with Gasteiger partial charge in [-0.3, -0.25) is 15.1 Å². The summed E-state index contributed by atoms with van der Waals surface area (Å²) in [5.41, 5.74) is 3.36. The summed E-state index contributed by atoms with van der Waals surface area (Å²) in [6, 6.07) is 14.2. The van der Waals surface area contributed by atoms with Crippen LogP contribution in [0.4, 0.5) is 5.69 Å². The molecular formula is C19H25N2O6P. The second kappa shape index (κ2) is 10.1. The summed E-state index contributed by atoms with van der Waals surface area (Å²) < 4.78 is 29.7. The number of carbonyl (C=O) groups is 1. The Kier molecular flexibility index (Phi) is 7.87. The van der Waals surface area contributed by atoms with Crippen molar-refractivity contribution in [2.75, 3.05) is 12.6 Å². The predicted octanol–water partition coefficient (Wildman–Crippen LogP) is 4.16. The SMILES string of the molecule is CONc1ccc(O[P@](=O)(N[C@@H](C)C(=O)OC(C)C)Oc2ccccc2)cc1. The molecule has 8 nitrogen and oxygen atoms in total. The number of benzene rings is 2. The van der Waals surface area contributed by atoms with Gasteiger partial charge in [-0.15, -0.1) is 0 Å². The number of nitrogens with one attached hydrogen (secondary N) is 2. The molecule has 0 aliphatic rings. The van der Waals surface area contributed by atoms with Crippen LogP contribution in [-0.2, 0) is 18.9 Å². The molecule has 2 aromatic carbocycles. The summed E-state index contributed by atoms with van der Waals surface area (Å²) in [4.78, 5) is 16.9. The molecule has 2 aromatic rings. The van der Waals surface area contributed by atoms with Gasteiger partial charge in [-0.25, -0.2) is 4.57 Å². The van der Waals surface area contributed by atoms with E-state index in [-0.39, 0.29) is 11.9 Å². The van der Waals surface area contributed by atoms with E-state index in [0.29, 0.717) is 11.4 Å². The largest absolute Gasteiger partial charge is 0.513 e. The normalized spacial score (nSPS) is 14.0. The van der Waals surface area contributed by atoms with Crippen molar-refractivity contribution in [3.05, 3.63) is 54.6 Å². The van der Waals surface area contributed by atoms with E-state index in [1.54, 1.807) is 68.4 Å². The molecule has 0 saturated heterocycles. The topological polar surface area (TPSA) is 95.1 Å². The van der Waals surface area contributed by atoms with Crippen molar-refractivity contribution in [1.29, 1.82) is 0 Å². The van der Waals surface area contributed by atoms with E-state index in [1.807, 2.05) is 0 Å². The summed E-state index contributed by atoms with van der Waals surface area (Å²) >= 11 is 0. The first-order chi connectivity index (χ1) is 13.3. The van der Waals surface area contributed by atoms with Crippen LogP contribution in [0.3, 0.4) is 0 Å². The lowest BCUT2D eigenvalue weighted by Gasteiger charge is -2.23. The molecule has 0 fully saturated rings. The molecule has 28 heavy (non-hydrogen) atoms. The van der Waals surface area contributed by atoms with Crippen molar-refractivity contribution >= 4 is 19.4 Å². The maximum absolute atomic E-state index is 13.4. The van der Waals surface area contributed by atoms with Crippen LogP contribution in [-0.4, -0.2) is 25.2 Å². The number of rotatable bonds is 10.